The lowest BCUT2D eigenvalue weighted by Crippen LogP contribution is -2.46. The van der Waals surface area contributed by atoms with Crippen LogP contribution in [0.3, 0.4) is 0 Å². The van der Waals surface area contributed by atoms with E-state index in [1.165, 1.54) is 0 Å². The van der Waals surface area contributed by atoms with Gasteiger partial charge in [0.15, 0.2) is 11.2 Å². The third-order valence-corrected chi connectivity index (χ3v) is 8.18. The monoisotopic (exact) mass is 596 g/mol. The first-order chi connectivity index (χ1) is 20.5. The predicted octanol–water partition coefficient (Wildman–Crippen LogP) is 4.44. The van der Waals surface area contributed by atoms with Gasteiger partial charge < -0.3 is 30.0 Å². The van der Waals surface area contributed by atoms with Crippen LogP contribution in [-0.4, -0.2) is 86.3 Å². The second-order valence-electron chi connectivity index (χ2n) is 9.95. The van der Waals surface area contributed by atoms with Crippen LogP contribution in [0, 0.1) is 0 Å². The Kier molecular flexibility index (Phi) is 11.4. The number of esters is 1. The quantitative estimate of drug-likeness (QED) is 0.119. The van der Waals surface area contributed by atoms with Crippen molar-refractivity contribution in [2.75, 3.05) is 65.0 Å². The molecular formula is C30H40N6O5S. The van der Waals surface area contributed by atoms with E-state index >= 15 is 0 Å². The molecule has 4 rings (SSSR count). The molecule has 0 aliphatic heterocycles. The number of anilines is 2. The fourth-order valence-electron chi connectivity index (χ4n) is 5.16. The molecular weight excluding hydrogens is 556 g/mol. The van der Waals surface area contributed by atoms with E-state index in [2.05, 4.69) is 15.4 Å². The van der Waals surface area contributed by atoms with E-state index in [0.29, 0.717) is 57.0 Å². The van der Waals surface area contributed by atoms with Crippen molar-refractivity contribution >= 4 is 46.7 Å². The maximum absolute atomic E-state index is 13.2. The van der Waals surface area contributed by atoms with Gasteiger partial charge in [-0.25, -0.2) is 9.78 Å². The number of fused-ring (bicyclic) bond motifs is 1. The number of methoxy groups -OCH3 is 2. The van der Waals surface area contributed by atoms with Gasteiger partial charge in [0, 0.05) is 56.4 Å². The van der Waals surface area contributed by atoms with Gasteiger partial charge in [-0.3, -0.25) is 4.99 Å². The van der Waals surface area contributed by atoms with E-state index in [-0.39, 0.29) is 18.5 Å². The minimum atomic E-state index is -1.03. The molecule has 0 amide bonds. The zero-order valence-corrected chi connectivity index (χ0v) is 25.5. The summed E-state index contributed by atoms with van der Waals surface area (Å²) in [6.07, 6.45) is 9.76. The molecule has 0 saturated heterocycles. The van der Waals surface area contributed by atoms with Crippen LogP contribution in [0.15, 0.2) is 52.6 Å². The smallest absolute Gasteiger partial charge is 0.338 e. The number of nitrogens with zero attached hydrogens (tertiary/aromatic N) is 4. The molecule has 42 heavy (non-hydrogen) atoms. The van der Waals surface area contributed by atoms with Crippen LogP contribution in [0.5, 0.6) is 0 Å². The number of carbonyl (C=O) groups excluding carboxylic acids is 1. The summed E-state index contributed by atoms with van der Waals surface area (Å²) < 4.78 is 23.5. The lowest BCUT2D eigenvalue weighted by Gasteiger charge is -2.38. The van der Waals surface area contributed by atoms with E-state index in [0.717, 1.165) is 27.4 Å². The minimum Gasteiger partial charge on any atom is -0.461 e. The van der Waals surface area contributed by atoms with E-state index < -0.39 is 5.60 Å². The number of nitrogen functional groups attached to an aromatic ring is 1. The zero-order valence-electron chi connectivity index (χ0n) is 24.7. The Bertz CT molecular complexity index is 1390. The molecule has 1 aliphatic rings. The third kappa shape index (κ3) is 7.12. The number of benzene rings is 1. The molecule has 0 unspecified atom stereocenters. The minimum absolute atomic E-state index is 0.0724. The van der Waals surface area contributed by atoms with Crippen LogP contribution < -0.4 is 11.1 Å². The number of allylic oxidation sites excluding steroid dienone is 1. The molecule has 0 radical (unpaired) electrons. The van der Waals surface area contributed by atoms with Crippen LogP contribution in [0.4, 0.5) is 11.5 Å². The average Bonchev–Trinajstić information content (AvgIpc) is 3.44. The maximum atomic E-state index is 13.2. The summed E-state index contributed by atoms with van der Waals surface area (Å²) in [5, 5.41) is 7.91. The Morgan fingerprint density at radius 3 is 2.55 bits per heavy atom. The molecule has 0 spiro atoms. The van der Waals surface area contributed by atoms with Crippen LogP contribution in [0.2, 0.25) is 0 Å². The van der Waals surface area contributed by atoms with Crippen molar-refractivity contribution in [3.05, 3.63) is 54.0 Å². The van der Waals surface area contributed by atoms with Crippen molar-refractivity contribution in [3.8, 4) is 0 Å². The number of carbonyl (C=O) groups is 1. The Morgan fingerprint density at radius 1 is 1.17 bits per heavy atom. The van der Waals surface area contributed by atoms with Crippen LogP contribution in [0.1, 0.15) is 42.9 Å². The highest BCUT2D eigenvalue weighted by molar-refractivity contribution is 7.98. The number of para-hydroxylation sites is 1. The molecule has 2 heterocycles. The van der Waals surface area contributed by atoms with Crippen molar-refractivity contribution in [1.29, 1.82) is 0 Å². The average molecular weight is 597 g/mol. The van der Waals surface area contributed by atoms with Crippen LogP contribution in [-0.2, 0) is 23.7 Å². The number of nitrogens with one attached hydrogen (secondary N) is 1. The van der Waals surface area contributed by atoms with Crippen molar-refractivity contribution in [2.45, 2.75) is 42.1 Å². The first kappa shape index (κ1) is 31.5. The molecule has 3 aromatic rings. The van der Waals surface area contributed by atoms with Gasteiger partial charge in [0.05, 0.1) is 36.6 Å². The van der Waals surface area contributed by atoms with Gasteiger partial charge in [-0.15, -0.1) is 11.8 Å². The predicted molar refractivity (Wildman–Crippen MR) is 166 cm³/mol. The summed E-state index contributed by atoms with van der Waals surface area (Å²) in [6.45, 7) is 1.20. The standard InChI is InChI=1S/C30H40N6O5S/c1-32-18-22(19-33-23-8-6-5-7-9-23)24-20-34-36-27(31)26(42-4)25(35-28(24)36)21-10-12-30(13-11-21,41-17-15-39-3)29(37)40-16-14-38-2/h5-9,18-21,33H,10-17,31H2,1-4H3. The zero-order chi connectivity index (χ0) is 30.0. The van der Waals surface area contributed by atoms with Crippen LogP contribution >= 0.6 is 11.8 Å². The molecule has 3 N–H and O–H groups in total. The van der Waals surface area contributed by atoms with E-state index in [9.17, 15) is 4.79 Å². The van der Waals surface area contributed by atoms with Gasteiger partial charge in [-0.1, -0.05) is 18.2 Å². The second-order valence-corrected chi connectivity index (χ2v) is 10.8. The Hall–Kier alpha value is -3.45. The Morgan fingerprint density at radius 2 is 1.88 bits per heavy atom. The van der Waals surface area contributed by atoms with Crippen molar-refractivity contribution in [2.24, 2.45) is 4.99 Å². The van der Waals surface area contributed by atoms with Gasteiger partial charge in [0.1, 0.15) is 12.4 Å². The van der Waals surface area contributed by atoms with Gasteiger partial charge in [-0.2, -0.15) is 9.61 Å². The van der Waals surface area contributed by atoms with Gasteiger partial charge in [0.2, 0.25) is 0 Å². The highest BCUT2D eigenvalue weighted by atomic mass is 32.2. The van der Waals surface area contributed by atoms with Gasteiger partial charge in [0.25, 0.3) is 0 Å². The summed E-state index contributed by atoms with van der Waals surface area (Å²) >= 11 is 1.55. The number of thioether (sulfide) groups is 1. The van der Waals surface area contributed by atoms with E-state index in [1.54, 1.807) is 50.0 Å². The fourth-order valence-corrected chi connectivity index (χ4v) is 5.88. The van der Waals surface area contributed by atoms with E-state index in [4.69, 9.17) is 29.7 Å². The number of aliphatic imine (C=N–C) groups is 1. The topological polar surface area (TPSA) is 135 Å². The van der Waals surface area contributed by atoms with Crippen molar-refractivity contribution in [3.63, 3.8) is 0 Å². The van der Waals surface area contributed by atoms with Crippen molar-refractivity contribution in [1.82, 2.24) is 14.6 Å². The van der Waals surface area contributed by atoms with E-state index in [1.807, 2.05) is 42.8 Å². The summed E-state index contributed by atoms with van der Waals surface area (Å²) in [6, 6.07) is 9.89. The molecule has 0 atom stereocenters. The summed E-state index contributed by atoms with van der Waals surface area (Å²) in [5.74, 6) is 0.243. The van der Waals surface area contributed by atoms with Crippen LogP contribution in [0.25, 0.3) is 11.2 Å². The lowest BCUT2D eigenvalue weighted by molar-refractivity contribution is -0.181. The molecule has 1 fully saturated rings. The molecule has 1 aromatic carbocycles. The molecule has 1 aliphatic carbocycles. The maximum Gasteiger partial charge on any atom is 0.338 e. The summed E-state index contributed by atoms with van der Waals surface area (Å²) in [7, 11) is 4.90. The largest absolute Gasteiger partial charge is 0.461 e. The number of rotatable bonds is 14. The Labute approximate surface area is 250 Å². The molecule has 2 aromatic heterocycles. The highest BCUT2D eigenvalue weighted by Crippen LogP contribution is 2.44. The molecule has 11 nitrogen and oxygen atoms in total. The molecule has 226 valence electrons. The second kappa shape index (κ2) is 15.1. The Balaban J connectivity index is 1.65. The number of ether oxygens (including phenoxy) is 4. The summed E-state index contributed by atoms with van der Waals surface area (Å²) in [5.41, 5.74) is 9.78. The number of hydrogen-bond acceptors (Lipinski definition) is 11. The fraction of sp³-hybridized carbons (Fsp3) is 0.467. The molecule has 12 heteroatoms. The lowest BCUT2D eigenvalue weighted by atomic mass is 9.77. The van der Waals surface area contributed by atoms with Crippen molar-refractivity contribution < 1.29 is 23.7 Å². The highest BCUT2D eigenvalue weighted by Gasteiger charge is 2.45. The SMILES string of the molecule is CN=CC(=CNc1ccccc1)c1cnn2c(N)c(SC)c(C3CCC(OCCOC)(C(=O)OCCOC)CC3)nc12. The summed E-state index contributed by atoms with van der Waals surface area (Å²) in [4.78, 5) is 23.5. The number of nitrogens with two attached hydrogens (primary N) is 1. The third-order valence-electron chi connectivity index (χ3n) is 7.35. The van der Waals surface area contributed by atoms with Gasteiger partial charge in [-0.05, 0) is 44.1 Å². The van der Waals surface area contributed by atoms with Gasteiger partial charge >= 0.3 is 5.97 Å². The first-order valence-corrected chi connectivity index (χ1v) is 15.1. The molecule has 1 saturated carbocycles. The first-order valence-electron chi connectivity index (χ1n) is 13.9. The normalized spacial score (nSPS) is 19.4. The number of aromatic nitrogens is 3. The molecule has 0 bridgehead atoms. The number of hydrogen-bond donors (Lipinski definition) is 2.